The number of rotatable bonds is 4. The number of hydrogen-bond donors (Lipinski definition) is 0. The molecule has 0 radical (unpaired) electrons. The van der Waals surface area contributed by atoms with Crippen molar-refractivity contribution in [2.24, 2.45) is 0 Å². The molecule has 100 valence electrons. The Kier molecular flexibility index (Phi) is 4.38. The van der Waals surface area contributed by atoms with Crippen molar-refractivity contribution in [2.75, 3.05) is 0 Å². The molecular formula is C15H17ClN2O. The molecule has 0 bridgehead atoms. The Morgan fingerprint density at radius 1 is 1.21 bits per heavy atom. The van der Waals surface area contributed by atoms with Crippen LogP contribution >= 0.6 is 11.6 Å². The van der Waals surface area contributed by atoms with Gasteiger partial charge in [-0.1, -0.05) is 42.6 Å². The van der Waals surface area contributed by atoms with Crippen molar-refractivity contribution in [2.45, 2.75) is 33.6 Å². The maximum absolute atomic E-state index is 6.11. The molecule has 0 aliphatic rings. The quantitative estimate of drug-likeness (QED) is 0.772. The minimum Gasteiger partial charge on any atom is -0.438 e. The average molecular weight is 277 g/mol. The lowest BCUT2D eigenvalue weighted by Crippen LogP contribution is -1.98. The van der Waals surface area contributed by atoms with Crippen LogP contribution in [0, 0.1) is 13.8 Å². The number of aromatic nitrogens is 2. The molecule has 1 aromatic heterocycles. The summed E-state index contributed by atoms with van der Waals surface area (Å²) in [6.07, 6.45) is 3.20. The Hall–Kier alpha value is -1.61. The number of aryl methyl sites for hydroxylation is 2. The van der Waals surface area contributed by atoms with E-state index in [0.29, 0.717) is 11.0 Å². The van der Waals surface area contributed by atoms with E-state index in [-0.39, 0.29) is 0 Å². The highest BCUT2D eigenvalue weighted by Crippen LogP contribution is 2.30. The predicted octanol–water partition coefficient (Wildman–Crippen LogP) is 4.49. The molecule has 0 spiro atoms. The van der Waals surface area contributed by atoms with Crippen molar-refractivity contribution in [3.63, 3.8) is 0 Å². The second-order valence-corrected chi connectivity index (χ2v) is 4.93. The number of benzene rings is 1. The van der Waals surface area contributed by atoms with Gasteiger partial charge < -0.3 is 4.74 Å². The molecule has 0 unspecified atom stereocenters. The number of nitrogens with zero attached hydrogens (tertiary/aromatic N) is 2. The topological polar surface area (TPSA) is 35.0 Å². The minimum absolute atomic E-state index is 0.469. The van der Waals surface area contributed by atoms with E-state index in [1.807, 2.05) is 19.1 Å². The van der Waals surface area contributed by atoms with Crippen molar-refractivity contribution in [1.82, 2.24) is 9.97 Å². The normalized spacial score (nSPS) is 10.5. The summed E-state index contributed by atoms with van der Waals surface area (Å²) in [5.74, 6) is 1.35. The van der Waals surface area contributed by atoms with E-state index in [4.69, 9.17) is 16.3 Å². The van der Waals surface area contributed by atoms with E-state index in [1.165, 1.54) is 11.9 Å². The first-order chi connectivity index (χ1) is 9.11. The van der Waals surface area contributed by atoms with Crippen LogP contribution in [0.1, 0.15) is 30.0 Å². The summed E-state index contributed by atoms with van der Waals surface area (Å²) >= 11 is 6.11. The van der Waals surface area contributed by atoms with Crippen LogP contribution in [0.3, 0.4) is 0 Å². The molecule has 0 saturated carbocycles. The first kappa shape index (κ1) is 13.8. The largest absolute Gasteiger partial charge is 0.438 e. The van der Waals surface area contributed by atoms with Crippen LogP contribution in [0.15, 0.2) is 24.5 Å². The second-order valence-electron chi connectivity index (χ2n) is 4.57. The van der Waals surface area contributed by atoms with Crippen LogP contribution in [0.25, 0.3) is 0 Å². The van der Waals surface area contributed by atoms with E-state index in [0.717, 1.165) is 29.7 Å². The second kappa shape index (κ2) is 6.02. The Bertz CT molecular complexity index is 584. The molecule has 0 fully saturated rings. The van der Waals surface area contributed by atoms with Gasteiger partial charge in [-0.25, -0.2) is 9.97 Å². The molecular weight excluding hydrogens is 260 g/mol. The summed E-state index contributed by atoms with van der Waals surface area (Å²) in [7, 11) is 0. The van der Waals surface area contributed by atoms with Gasteiger partial charge in [0.2, 0.25) is 5.88 Å². The molecule has 0 aliphatic carbocycles. The van der Waals surface area contributed by atoms with Crippen molar-refractivity contribution in [1.29, 1.82) is 0 Å². The molecule has 19 heavy (non-hydrogen) atoms. The minimum atomic E-state index is 0.469. The molecule has 3 nitrogen and oxygen atoms in total. The highest BCUT2D eigenvalue weighted by atomic mass is 35.5. The third-order valence-electron chi connectivity index (χ3n) is 2.89. The first-order valence-electron chi connectivity index (χ1n) is 6.36. The molecule has 2 rings (SSSR count). The van der Waals surface area contributed by atoms with Gasteiger partial charge >= 0.3 is 0 Å². The number of hydrogen-bond acceptors (Lipinski definition) is 3. The van der Waals surface area contributed by atoms with Crippen molar-refractivity contribution < 1.29 is 4.74 Å². The Morgan fingerprint density at radius 3 is 2.68 bits per heavy atom. The first-order valence-corrected chi connectivity index (χ1v) is 6.74. The van der Waals surface area contributed by atoms with Crippen LogP contribution in [-0.2, 0) is 6.42 Å². The van der Waals surface area contributed by atoms with Crippen LogP contribution in [-0.4, -0.2) is 9.97 Å². The standard InChI is InChI=1S/C15H17ClN2O/c1-4-5-12-14(16)17-9-18-15(12)19-13-7-6-10(2)8-11(13)3/h6-9H,4-5H2,1-3H3. The van der Waals surface area contributed by atoms with E-state index < -0.39 is 0 Å². The van der Waals surface area contributed by atoms with Crippen LogP contribution in [0.4, 0.5) is 0 Å². The zero-order valence-electron chi connectivity index (χ0n) is 11.4. The van der Waals surface area contributed by atoms with Crippen LogP contribution in [0.2, 0.25) is 5.15 Å². The molecule has 0 aliphatic heterocycles. The molecule has 0 amide bonds. The summed E-state index contributed by atoms with van der Waals surface area (Å²) in [5, 5.41) is 0.469. The van der Waals surface area contributed by atoms with Crippen molar-refractivity contribution in [3.05, 3.63) is 46.4 Å². The Balaban J connectivity index is 2.35. The molecule has 0 N–H and O–H groups in total. The highest BCUT2D eigenvalue weighted by Gasteiger charge is 2.12. The van der Waals surface area contributed by atoms with E-state index >= 15 is 0 Å². The lowest BCUT2D eigenvalue weighted by atomic mass is 10.1. The third kappa shape index (κ3) is 3.24. The van der Waals surface area contributed by atoms with Gasteiger partial charge in [-0.05, 0) is 31.9 Å². The monoisotopic (exact) mass is 276 g/mol. The summed E-state index contributed by atoms with van der Waals surface area (Å²) < 4.78 is 5.89. The van der Waals surface area contributed by atoms with Crippen molar-refractivity contribution >= 4 is 11.6 Å². The SMILES string of the molecule is CCCc1c(Cl)ncnc1Oc1ccc(C)cc1C. The van der Waals surface area contributed by atoms with Gasteiger partial charge in [0, 0.05) is 0 Å². The molecule has 0 atom stereocenters. The fraction of sp³-hybridized carbons (Fsp3) is 0.333. The summed E-state index contributed by atoms with van der Waals surface area (Å²) in [5.41, 5.74) is 3.16. The van der Waals surface area contributed by atoms with E-state index in [2.05, 4.69) is 29.9 Å². The smallest absolute Gasteiger partial charge is 0.227 e. The van der Waals surface area contributed by atoms with Gasteiger partial charge in [-0.3, -0.25) is 0 Å². The Morgan fingerprint density at radius 2 is 2.00 bits per heavy atom. The third-order valence-corrected chi connectivity index (χ3v) is 3.22. The van der Waals surface area contributed by atoms with Crippen molar-refractivity contribution in [3.8, 4) is 11.6 Å². The molecule has 1 aromatic carbocycles. The number of halogens is 1. The fourth-order valence-electron chi connectivity index (χ4n) is 1.94. The zero-order chi connectivity index (χ0) is 13.8. The summed E-state index contributed by atoms with van der Waals surface area (Å²) in [6, 6.07) is 6.05. The fourth-order valence-corrected chi connectivity index (χ4v) is 2.16. The highest BCUT2D eigenvalue weighted by molar-refractivity contribution is 6.30. The molecule has 4 heteroatoms. The van der Waals surface area contributed by atoms with Gasteiger partial charge in [0.1, 0.15) is 17.2 Å². The zero-order valence-corrected chi connectivity index (χ0v) is 12.2. The predicted molar refractivity (Wildman–Crippen MR) is 77.0 cm³/mol. The van der Waals surface area contributed by atoms with Crippen LogP contribution in [0.5, 0.6) is 11.6 Å². The lowest BCUT2D eigenvalue weighted by molar-refractivity contribution is 0.450. The summed E-state index contributed by atoms with van der Waals surface area (Å²) in [4.78, 5) is 8.21. The Labute approximate surface area is 118 Å². The maximum atomic E-state index is 6.11. The van der Waals surface area contributed by atoms with E-state index in [9.17, 15) is 0 Å². The maximum Gasteiger partial charge on any atom is 0.227 e. The molecule has 1 heterocycles. The van der Waals surface area contributed by atoms with Gasteiger partial charge in [-0.15, -0.1) is 0 Å². The number of ether oxygens (including phenoxy) is 1. The molecule has 0 saturated heterocycles. The van der Waals surface area contributed by atoms with Gasteiger partial charge in [0.05, 0.1) is 5.56 Å². The van der Waals surface area contributed by atoms with Gasteiger partial charge in [-0.2, -0.15) is 0 Å². The van der Waals surface area contributed by atoms with Gasteiger partial charge in [0.15, 0.2) is 0 Å². The van der Waals surface area contributed by atoms with Crippen LogP contribution < -0.4 is 4.74 Å². The van der Waals surface area contributed by atoms with Gasteiger partial charge in [0.25, 0.3) is 0 Å². The lowest BCUT2D eigenvalue weighted by Gasteiger charge is -2.12. The summed E-state index contributed by atoms with van der Waals surface area (Å²) in [6.45, 7) is 6.16. The molecule has 2 aromatic rings. The van der Waals surface area contributed by atoms with E-state index in [1.54, 1.807) is 0 Å². The average Bonchev–Trinajstić information content (AvgIpc) is 2.37.